The number of aromatic nitrogens is 2. The number of benzene rings is 12. The van der Waals surface area contributed by atoms with Crippen molar-refractivity contribution in [3.63, 3.8) is 0 Å². The molecule has 2 aromatic heterocycles. The molecule has 364 valence electrons. The zero-order valence-electron chi connectivity index (χ0n) is 40.0. The summed E-state index contributed by atoms with van der Waals surface area (Å²) in [4.78, 5) is 3.15. The second-order valence-electron chi connectivity index (χ2n) is 18.8. The molecule has 0 spiro atoms. The van der Waals surface area contributed by atoms with Gasteiger partial charge in [-0.05, 0) is 131 Å². The molecular formula is C66H38F6N4. The number of nitrogens with zero attached hydrogens (tertiary/aromatic N) is 4. The predicted octanol–water partition coefficient (Wildman–Crippen LogP) is 19.1. The lowest BCUT2D eigenvalue weighted by molar-refractivity contribution is 0.448. The van der Waals surface area contributed by atoms with Gasteiger partial charge in [-0.15, -0.1) is 0 Å². The van der Waals surface area contributed by atoms with E-state index < -0.39 is 34.9 Å². The minimum Gasteiger partial charge on any atom is -0.309 e. The van der Waals surface area contributed by atoms with Crippen LogP contribution in [0.4, 0.5) is 60.5 Å². The molecule has 0 bridgehead atoms. The summed E-state index contributed by atoms with van der Waals surface area (Å²) in [5.41, 5.74) is 7.35. The first kappa shape index (κ1) is 44.9. The average Bonchev–Trinajstić information content (AvgIpc) is 4.04. The van der Waals surface area contributed by atoms with Crippen LogP contribution in [0.1, 0.15) is 0 Å². The maximum absolute atomic E-state index is 15.8. The molecule has 0 saturated carbocycles. The van der Waals surface area contributed by atoms with Gasteiger partial charge in [0.15, 0.2) is 34.9 Å². The Balaban J connectivity index is 1.06. The Morgan fingerprint density at radius 2 is 0.553 bits per heavy atom. The molecule has 2 heterocycles. The molecule has 0 saturated heterocycles. The van der Waals surface area contributed by atoms with E-state index in [4.69, 9.17) is 0 Å². The van der Waals surface area contributed by atoms with Crippen LogP contribution in [0.25, 0.3) is 87.3 Å². The Morgan fingerprint density at radius 1 is 0.250 bits per heavy atom. The van der Waals surface area contributed by atoms with Crippen molar-refractivity contribution in [2.24, 2.45) is 0 Å². The Labute approximate surface area is 430 Å². The third-order valence-corrected chi connectivity index (χ3v) is 14.7. The van der Waals surface area contributed by atoms with Gasteiger partial charge in [-0.2, -0.15) is 0 Å². The van der Waals surface area contributed by atoms with Crippen molar-refractivity contribution >= 4 is 110 Å². The van der Waals surface area contributed by atoms with E-state index in [2.05, 4.69) is 81.9 Å². The summed E-state index contributed by atoms with van der Waals surface area (Å²) in [6, 6.07) is 71.4. The maximum atomic E-state index is 15.8. The molecule has 14 aromatic rings. The summed E-state index contributed by atoms with van der Waals surface area (Å²) in [7, 11) is 0. The second kappa shape index (κ2) is 17.4. The molecule has 0 atom stereocenters. The molecule has 0 fully saturated rings. The van der Waals surface area contributed by atoms with Crippen molar-refractivity contribution in [1.29, 1.82) is 0 Å². The zero-order valence-corrected chi connectivity index (χ0v) is 40.0. The van der Waals surface area contributed by atoms with E-state index in [1.54, 1.807) is 58.3 Å². The van der Waals surface area contributed by atoms with Crippen molar-refractivity contribution in [3.05, 3.63) is 265 Å². The predicted molar refractivity (Wildman–Crippen MR) is 297 cm³/mol. The van der Waals surface area contributed by atoms with Crippen LogP contribution in [0, 0.1) is 34.9 Å². The fraction of sp³-hybridized carbons (Fsp3) is 0. The highest BCUT2D eigenvalue weighted by molar-refractivity contribution is 6.44. The quantitative estimate of drug-likeness (QED) is 0.0857. The van der Waals surface area contributed by atoms with Gasteiger partial charge in [0.2, 0.25) is 0 Å². The standard InChI is InChI=1S/C66H38F6N4/c67-51-35-37-55(63(71)61(51)69)73(39-15-3-1-4-16-39)41-27-31-43(32-28-41)75-53-25-13-11-23-49(53)57-45-19-7-10-22-48(45)60-59(65(57)75)47-21-9-8-20-46(47)58-50-24-12-14-26-54(50)76(66(58)60)44-33-29-42(30-34-44)74(40-17-5-2-6-18-40)56-38-36-52(68)62(70)64(56)72/h1-38H. The van der Waals surface area contributed by atoms with E-state index >= 15 is 8.78 Å². The number of rotatable bonds is 8. The van der Waals surface area contributed by atoms with E-state index in [-0.39, 0.29) is 11.4 Å². The molecule has 4 nitrogen and oxygen atoms in total. The molecule has 0 aliphatic rings. The van der Waals surface area contributed by atoms with E-state index in [0.29, 0.717) is 22.7 Å². The number of fused-ring (bicyclic) bond motifs is 15. The van der Waals surface area contributed by atoms with Crippen LogP contribution in [0.5, 0.6) is 0 Å². The largest absolute Gasteiger partial charge is 0.309 e. The first-order chi connectivity index (χ1) is 37.3. The molecule has 76 heavy (non-hydrogen) atoms. The lowest BCUT2D eigenvalue weighted by Crippen LogP contribution is -2.13. The average molecular weight is 1000 g/mol. The zero-order chi connectivity index (χ0) is 51.3. The Bertz CT molecular complexity index is 4350. The topological polar surface area (TPSA) is 16.3 Å². The Morgan fingerprint density at radius 3 is 0.921 bits per heavy atom. The van der Waals surface area contributed by atoms with Crippen LogP contribution in [0.2, 0.25) is 0 Å². The summed E-state index contributed by atoms with van der Waals surface area (Å²) < 4.78 is 94.7. The molecule has 0 aliphatic heterocycles. The number of anilines is 6. The molecule has 14 rings (SSSR count). The minimum absolute atomic E-state index is 0.140. The monoisotopic (exact) mass is 1000 g/mol. The van der Waals surface area contributed by atoms with Crippen molar-refractivity contribution in [2.45, 2.75) is 0 Å². The van der Waals surface area contributed by atoms with E-state index in [1.165, 1.54) is 12.1 Å². The highest BCUT2D eigenvalue weighted by atomic mass is 19.2. The molecule has 12 aromatic carbocycles. The van der Waals surface area contributed by atoms with Gasteiger partial charge in [-0.3, -0.25) is 0 Å². The van der Waals surface area contributed by atoms with Gasteiger partial charge in [-0.25, -0.2) is 26.3 Å². The van der Waals surface area contributed by atoms with Crippen LogP contribution < -0.4 is 9.80 Å². The van der Waals surface area contributed by atoms with Crippen molar-refractivity contribution < 1.29 is 26.3 Å². The molecular weight excluding hydrogens is 963 g/mol. The fourth-order valence-electron chi connectivity index (χ4n) is 11.5. The Hall–Kier alpha value is -9.80. The second-order valence-corrected chi connectivity index (χ2v) is 18.8. The third-order valence-electron chi connectivity index (χ3n) is 14.7. The minimum atomic E-state index is -1.55. The highest BCUT2D eigenvalue weighted by Gasteiger charge is 2.28. The van der Waals surface area contributed by atoms with Gasteiger partial charge in [0.1, 0.15) is 0 Å². The summed E-state index contributed by atoms with van der Waals surface area (Å²) in [6.45, 7) is 0. The molecule has 0 unspecified atom stereocenters. The lowest BCUT2D eigenvalue weighted by Gasteiger charge is -2.26. The SMILES string of the molecule is Fc1ccc(N(c2ccccc2)c2ccc(-n3c4ccccc4c4c5ccccc5c5c(c6ccccc6c6c7ccccc7n(-c7ccc(N(c8ccccc8)c8ccc(F)c(F)c8F)cc7)c65)c43)cc2)c(F)c1F. The number of halogens is 6. The van der Waals surface area contributed by atoms with Gasteiger partial charge in [-0.1, -0.05) is 121 Å². The van der Waals surface area contributed by atoms with Gasteiger partial charge in [0.25, 0.3) is 0 Å². The summed E-state index contributed by atoms with van der Waals surface area (Å²) in [5, 5.41) is 10.4. The fourth-order valence-corrected chi connectivity index (χ4v) is 11.5. The van der Waals surface area contributed by atoms with E-state index in [1.807, 2.05) is 84.9 Å². The van der Waals surface area contributed by atoms with Crippen LogP contribution in [-0.4, -0.2) is 9.13 Å². The normalized spacial score (nSPS) is 11.8. The van der Waals surface area contributed by atoms with Crippen LogP contribution in [0.3, 0.4) is 0 Å². The van der Waals surface area contributed by atoms with E-state index in [0.717, 1.165) is 99.4 Å². The van der Waals surface area contributed by atoms with Crippen molar-refractivity contribution in [1.82, 2.24) is 9.13 Å². The van der Waals surface area contributed by atoms with Crippen LogP contribution >= 0.6 is 0 Å². The number of hydrogen-bond acceptors (Lipinski definition) is 2. The van der Waals surface area contributed by atoms with Gasteiger partial charge in [0.05, 0.1) is 33.4 Å². The molecule has 0 amide bonds. The summed E-state index contributed by atoms with van der Waals surface area (Å²) in [5.74, 6) is -8.25. The van der Waals surface area contributed by atoms with Gasteiger partial charge in [0, 0.05) is 66.4 Å². The van der Waals surface area contributed by atoms with Crippen LogP contribution in [-0.2, 0) is 0 Å². The molecule has 0 aliphatic carbocycles. The lowest BCUT2D eigenvalue weighted by atomic mass is 9.90. The third kappa shape index (κ3) is 6.66. The number of para-hydroxylation sites is 4. The van der Waals surface area contributed by atoms with Crippen molar-refractivity contribution in [2.75, 3.05) is 9.80 Å². The van der Waals surface area contributed by atoms with Gasteiger partial charge < -0.3 is 18.9 Å². The number of hydrogen-bond donors (Lipinski definition) is 0. The summed E-state index contributed by atoms with van der Waals surface area (Å²) >= 11 is 0. The smallest absolute Gasteiger partial charge is 0.196 e. The maximum Gasteiger partial charge on any atom is 0.196 e. The van der Waals surface area contributed by atoms with Gasteiger partial charge >= 0.3 is 0 Å². The van der Waals surface area contributed by atoms with Crippen molar-refractivity contribution in [3.8, 4) is 11.4 Å². The first-order valence-electron chi connectivity index (χ1n) is 24.7. The molecule has 0 N–H and O–H groups in total. The van der Waals surface area contributed by atoms with Crippen LogP contribution in [0.15, 0.2) is 231 Å². The molecule has 10 heteroatoms. The summed E-state index contributed by atoms with van der Waals surface area (Å²) in [6.07, 6.45) is 0. The highest BCUT2D eigenvalue weighted by Crippen LogP contribution is 2.51. The Kier molecular flexibility index (Phi) is 10.3. The first-order valence-corrected chi connectivity index (χ1v) is 24.7. The van der Waals surface area contributed by atoms with E-state index in [9.17, 15) is 17.6 Å². The molecule has 0 radical (unpaired) electrons.